The lowest BCUT2D eigenvalue weighted by molar-refractivity contribution is 0.0334. The molecule has 2 N–H and O–H groups in total. The summed E-state index contributed by atoms with van der Waals surface area (Å²) < 4.78 is 7.84. The highest BCUT2D eigenvalue weighted by molar-refractivity contribution is 9.10. The second kappa shape index (κ2) is 5.24. The Morgan fingerprint density at radius 2 is 2.16 bits per heavy atom. The Morgan fingerprint density at radius 1 is 1.42 bits per heavy atom. The molecule has 0 atom stereocenters. The fourth-order valence-corrected chi connectivity index (χ4v) is 3.04. The van der Waals surface area contributed by atoms with Crippen molar-refractivity contribution >= 4 is 38.9 Å². The summed E-state index contributed by atoms with van der Waals surface area (Å²) >= 11 is 9.84. The monoisotopic (exact) mass is 345 g/mol. The van der Waals surface area contributed by atoms with Crippen molar-refractivity contribution in [3.8, 4) is 0 Å². The maximum absolute atomic E-state index is 6.38. The number of nitrogen functional groups attached to an aromatic ring is 1. The third-order valence-electron chi connectivity index (χ3n) is 3.21. The summed E-state index contributed by atoms with van der Waals surface area (Å²) in [5, 5.41) is 4.88. The quantitative estimate of drug-likeness (QED) is 0.894. The number of aromatic nitrogens is 3. The molecule has 0 saturated carbocycles. The number of fused-ring (bicyclic) bond motifs is 1. The summed E-state index contributed by atoms with van der Waals surface area (Å²) in [6, 6.07) is 0. The van der Waals surface area contributed by atoms with Crippen molar-refractivity contribution in [3.05, 3.63) is 21.5 Å². The maximum atomic E-state index is 6.38. The Hall–Kier alpha value is -0.890. The highest BCUT2D eigenvalue weighted by Crippen LogP contribution is 2.35. The zero-order chi connectivity index (χ0) is 13.4. The van der Waals surface area contributed by atoms with Crippen LogP contribution in [-0.2, 0) is 11.3 Å². The number of morpholine rings is 1. The Balaban J connectivity index is 2.03. The minimum atomic E-state index is 0.414. The third kappa shape index (κ3) is 2.31. The van der Waals surface area contributed by atoms with Crippen molar-refractivity contribution in [2.45, 2.75) is 6.54 Å². The zero-order valence-corrected chi connectivity index (χ0v) is 12.5. The van der Waals surface area contributed by atoms with Crippen LogP contribution in [0, 0.1) is 0 Å². The van der Waals surface area contributed by atoms with Gasteiger partial charge in [0, 0.05) is 19.6 Å². The van der Waals surface area contributed by atoms with Crippen LogP contribution in [0.15, 0.2) is 10.8 Å². The van der Waals surface area contributed by atoms with Crippen LogP contribution in [0.1, 0.15) is 5.69 Å². The van der Waals surface area contributed by atoms with Gasteiger partial charge in [0.2, 0.25) is 0 Å². The summed E-state index contributed by atoms with van der Waals surface area (Å²) in [5.41, 5.74) is 7.51. The molecule has 3 heterocycles. The van der Waals surface area contributed by atoms with Crippen molar-refractivity contribution in [1.82, 2.24) is 19.5 Å². The van der Waals surface area contributed by atoms with Gasteiger partial charge in [0.25, 0.3) is 0 Å². The predicted molar refractivity (Wildman–Crippen MR) is 76.2 cm³/mol. The molecule has 0 aromatic carbocycles. The molecule has 0 amide bonds. The summed E-state index contributed by atoms with van der Waals surface area (Å²) in [7, 11) is 0. The van der Waals surface area contributed by atoms with Gasteiger partial charge in [-0.3, -0.25) is 4.90 Å². The van der Waals surface area contributed by atoms with Crippen LogP contribution < -0.4 is 5.73 Å². The van der Waals surface area contributed by atoms with Crippen LogP contribution in [-0.4, -0.2) is 45.8 Å². The fraction of sp³-hybridized carbons (Fsp3) is 0.455. The van der Waals surface area contributed by atoms with Gasteiger partial charge in [0.1, 0.15) is 11.8 Å². The van der Waals surface area contributed by atoms with Crippen LogP contribution in [0.5, 0.6) is 0 Å². The third-order valence-corrected chi connectivity index (χ3v) is 4.61. The summed E-state index contributed by atoms with van der Waals surface area (Å²) in [4.78, 5) is 6.27. The van der Waals surface area contributed by atoms with E-state index in [2.05, 4.69) is 30.9 Å². The van der Waals surface area contributed by atoms with E-state index in [1.807, 2.05) is 0 Å². The van der Waals surface area contributed by atoms with E-state index < -0.39 is 0 Å². The minimum Gasteiger partial charge on any atom is -0.382 e. The highest BCUT2D eigenvalue weighted by Gasteiger charge is 2.21. The number of nitrogens with zero attached hydrogens (tertiary/aromatic N) is 4. The van der Waals surface area contributed by atoms with E-state index >= 15 is 0 Å². The molecule has 3 rings (SSSR count). The number of ether oxygens (including phenoxy) is 1. The molecular formula is C11H13BrClN5O. The van der Waals surface area contributed by atoms with Crippen LogP contribution in [0.25, 0.3) is 5.52 Å². The number of nitrogens with two attached hydrogens (primary N) is 1. The van der Waals surface area contributed by atoms with Crippen LogP contribution >= 0.6 is 27.5 Å². The Labute approximate surface area is 123 Å². The molecule has 0 radical (unpaired) electrons. The van der Waals surface area contributed by atoms with Gasteiger partial charge >= 0.3 is 0 Å². The fourth-order valence-electron chi connectivity index (χ4n) is 2.21. The molecule has 1 saturated heterocycles. The number of rotatable bonds is 2. The van der Waals surface area contributed by atoms with Gasteiger partial charge in [-0.2, -0.15) is 5.10 Å². The van der Waals surface area contributed by atoms with Gasteiger partial charge in [0.05, 0.1) is 28.4 Å². The normalized spacial score (nSPS) is 17.2. The van der Waals surface area contributed by atoms with E-state index in [0.29, 0.717) is 17.4 Å². The second-order valence-electron chi connectivity index (χ2n) is 4.37. The van der Waals surface area contributed by atoms with E-state index in [4.69, 9.17) is 22.1 Å². The first-order valence-electron chi connectivity index (χ1n) is 5.93. The van der Waals surface area contributed by atoms with Crippen LogP contribution in [0.3, 0.4) is 0 Å². The highest BCUT2D eigenvalue weighted by atomic mass is 79.9. The molecule has 102 valence electrons. The molecule has 1 fully saturated rings. The van der Waals surface area contributed by atoms with Crippen molar-refractivity contribution < 1.29 is 4.74 Å². The molecule has 0 bridgehead atoms. The minimum absolute atomic E-state index is 0.414. The van der Waals surface area contributed by atoms with Gasteiger partial charge in [-0.25, -0.2) is 9.50 Å². The second-order valence-corrected chi connectivity index (χ2v) is 5.54. The number of anilines is 1. The average Bonchev–Trinajstić information content (AvgIpc) is 2.66. The van der Waals surface area contributed by atoms with E-state index in [0.717, 1.165) is 42.0 Å². The zero-order valence-electron chi connectivity index (χ0n) is 10.1. The summed E-state index contributed by atoms with van der Waals surface area (Å²) in [6.45, 7) is 3.99. The molecule has 0 unspecified atom stereocenters. The molecule has 8 heteroatoms. The molecule has 19 heavy (non-hydrogen) atoms. The molecule has 0 spiro atoms. The lowest BCUT2D eigenvalue weighted by atomic mass is 10.3. The van der Waals surface area contributed by atoms with Gasteiger partial charge in [-0.05, 0) is 15.9 Å². The first-order valence-corrected chi connectivity index (χ1v) is 7.10. The molecule has 1 aliphatic rings. The first kappa shape index (κ1) is 13.1. The number of hydrogen-bond donors (Lipinski definition) is 1. The van der Waals surface area contributed by atoms with E-state index in [1.165, 1.54) is 6.33 Å². The molecular weight excluding hydrogens is 334 g/mol. The van der Waals surface area contributed by atoms with Crippen LogP contribution in [0.4, 0.5) is 5.82 Å². The summed E-state index contributed by atoms with van der Waals surface area (Å²) in [6.07, 6.45) is 1.44. The van der Waals surface area contributed by atoms with Crippen LogP contribution in [0.2, 0.25) is 5.02 Å². The molecule has 2 aromatic rings. The SMILES string of the molecule is Nc1ncnn2c(CN3CCOCC3)c(Cl)c(Br)c12. The molecule has 0 aliphatic carbocycles. The largest absolute Gasteiger partial charge is 0.382 e. The van der Waals surface area contributed by atoms with Crippen molar-refractivity contribution in [3.63, 3.8) is 0 Å². The van der Waals surface area contributed by atoms with Gasteiger partial charge in [-0.1, -0.05) is 11.6 Å². The summed E-state index contributed by atoms with van der Waals surface area (Å²) in [5.74, 6) is 0.414. The lowest BCUT2D eigenvalue weighted by Crippen LogP contribution is -2.36. The molecule has 2 aromatic heterocycles. The van der Waals surface area contributed by atoms with Gasteiger partial charge in [-0.15, -0.1) is 0 Å². The standard InChI is InChI=1S/C11H13BrClN5O/c12-8-9(13)7(5-17-1-3-19-4-2-17)18-10(8)11(14)15-6-16-18/h6H,1-5H2,(H2,14,15,16). The number of hydrogen-bond acceptors (Lipinski definition) is 5. The lowest BCUT2D eigenvalue weighted by Gasteiger charge is -2.26. The smallest absolute Gasteiger partial charge is 0.152 e. The Bertz CT molecular complexity index is 611. The van der Waals surface area contributed by atoms with Gasteiger partial charge in [0.15, 0.2) is 5.82 Å². The van der Waals surface area contributed by atoms with Crippen molar-refractivity contribution in [2.24, 2.45) is 0 Å². The molecule has 6 nitrogen and oxygen atoms in total. The maximum Gasteiger partial charge on any atom is 0.152 e. The van der Waals surface area contributed by atoms with E-state index in [1.54, 1.807) is 4.52 Å². The first-order chi connectivity index (χ1) is 9.18. The molecule has 1 aliphatic heterocycles. The van der Waals surface area contributed by atoms with Crippen molar-refractivity contribution in [1.29, 1.82) is 0 Å². The van der Waals surface area contributed by atoms with E-state index in [9.17, 15) is 0 Å². The Morgan fingerprint density at radius 3 is 2.89 bits per heavy atom. The Kier molecular flexibility index (Phi) is 3.62. The topological polar surface area (TPSA) is 68.7 Å². The predicted octanol–water partition coefficient (Wildman–Crippen LogP) is 1.56. The average molecular weight is 347 g/mol. The van der Waals surface area contributed by atoms with Crippen molar-refractivity contribution in [2.75, 3.05) is 32.0 Å². The van der Waals surface area contributed by atoms with Gasteiger partial charge < -0.3 is 10.5 Å². The van der Waals surface area contributed by atoms with E-state index in [-0.39, 0.29) is 0 Å². The number of halogens is 2.